The van der Waals surface area contributed by atoms with Crippen molar-refractivity contribution in [2.75, 3.05) is 0 Å². The summed E-state index contributed by atoms with van der Waals surface area (Å²) < 4.78 is 5.43. The number of aromatic amines is 1. The van der Waals surface area contributed by atoms with E-state index in [1.807, 2.05) is 42.6 Å². The third-order valence-electron chi connectivity index (χ3n) is 5.14. The van der Waals surface area contributed by atoms with Crippen LogP contribution >= 0.6 is 0 Å². The van der Waals surface area contributed by atoms with Gasteiger partial charge < -0.3 is 19.4 Å². The molecule has 29 heavy (non-hydrogen) atoms. The molecule has 0 aliphatic rings. The zero-order valence-electron chi connectivity index (χ0n) is 16.2. The summed E-state index contributed by atoms with van der Waals surface area (Å²) in [6.45, 7) is 0.729. The van der Waals surface area contributed by atoms with E-state index < -0.39 is 0 Å². The second-order valence-electron chi connectivity index (χ2n) is 7.17. The predicted molar refractivity (Wildman–Crippen MR) is 112 cm³/mol. The Labute approximate surface area is 169 Å². The molecule has 0 bridgehead atoms. The summed E-state index contributed by atoms with van der Waals surface area (Å²) in [5.74, 6) is 0.971. The Kier molecular flexibility index (Phi) is 5.66. The molecular formula is C24H24N2O3. The van der Waals surface area contributed by atoms with Crippen LogP contribution in [0.3, 0.4) is 0 Å². The molecule has 0 radical (unpaired) electrons. The van der Waals surface area contributed by atoms with Crippen molar-refractivity contribution in [3.05, 3.63) is 90.0 Å². The minimum atomic E-state index is 0.0458. The van der Waals surface area contributed by atoms with Crippen LogP contribution in [0.5, 0.6) is 5.75 Å². The fourth-order valence-corrected chi connectivity index (χ4v) is 3.60. The van der Waals surface area contributed by atoms with Crippen molar-refractivity contribution in [1.82, 2.24) is 9.88 Å². The Hall–Kier alpha value is -3.47. The molecule has 148 valence electrons. The van der Waals surface area contributed by atoms with Crippen LogP contribution in [-0.4, -0.2) is 20.9 Å². The van der Waals surface area contributed by atoms with Gasteiger partial charge in [0.25, 0.3) is 0 Å². The Bertz CT molecular complexity index is 1080. The number of aromatic nitrogens is 1. The van der Waals surface area contributed by atoms with Crippen LogP contribution in [0.25, 0.3) is 10.9 Å². The van der Waals surface area contributed by atoms with E-state index in [-0.39, 0.29) is 11.7 Å². The quantitative estimate of drug-likeness (QED) is 0.445. The van der Waals surface area contributed by atoms with Crippen LogP contribution in [0.15, 0.2) is 77.5 Å². The van der Waals surface area contributed by atoms with E-state index in [1.165, 1.54) is 10.9 Å². The summed E-state index contributed by atoms with van der Waals surface area (Å²) in [4.78, 5) is 18.0. The second-order valence-corrected chi connectivity index (χ2v) is 7.17. The average molecular weight is 388 g/mol. The number of aromatic hydroxyl groups is 1. The standard InChI is InChI=1S/C24H24N2O3/c27-23-12-4-1-7-19(23)16-26(17-20-9-6-14-29-20)24(28)13-5-8-18-15-25-22-11-3-2-10-21(18)22/h1-4,6-7,9-12,14-15,25,27H,5,8,13,16-17H2. The Morgan fingerprint density at radius 1 is 0.966 bits per heavy atom. The number of H-pyrrole nitrogens is 1. The molecule has 2 heterocycles. The Morgan fingerprint density at radius 3 is 2.62 bits per heavy atom. The number of carbonyl (C=O) groups is 1. The summed E-state index contributed by atoms with van der Waals surface area (Å²) in [6, 6.07) is 19.0. The van der Waals surface area contributed by atoms with Gasteiger partial charge in [0.15, 0.2) is 0 Å². The van der Waals surface area contributed by atoms with Crippen molar-refractivity contribution >= 4 is 16.8 Å². The molecule has 0 saturated carbocycles. The summed E-state index contributed by atoms with van der Waals surface area (Å²) in [5, 5.41) is 11.3. The lowest BCUT2D eigenvalue weighted by molar-refractivity contribution is -0.132. The average Bonchev–Trinajstić information content (AvgIpc) is 3.39. The maximum atomic E-state index is 13.0. The largest absolute Gasteiger partial charge is 0.508 e. The summed E-state index contributed by atoms with van der Waals surface area (Å²) in [6.07, 6.45) is 5.66. The maximum Gasteiger partial charge on any atom is 0.223 e. The van der Waals surface area contributed by atoms with Gasteiger partial charge in [0.1, 0.15) is 11.5 Å². The first kappa shape index (κ1) is 18.9. The minimum Gasteiger partial charge on any atom is -0.508 e. The molecule has 0 spiro atoms. The van der Waals surface area contributed by atoms with Gasteiger partial charge in [-0.1, -0.05) is 36.4 Å². The number of hydrogen-bond acceptors (Lipinski definition) is 3. The molecule has 0 fully saturated rings. The van der Waals surface area contributed by atoms with E-state index in [1.54, 1.807) is 23.3 Å². The van der Waals surface area contributed by atoms with E-state index >= 15 is 0 Å². The van der Waals surface area contributed by atoms with Crippen LogP contribution in [0.2, 0.25) is 0 Å². The first-order chi connectivity index (χ1) is 14.2. The SMILES string of the molecule is O=C(CCCc1c[nH]c2ccccc12)N(Cc1ccco1)Cc1ccccc1O. The third-order valence-corrected chi connectivity index (χ3v) is 5.14. The molecule has 4 aromatic rings. The number of aryl methyl sites for hydroxylation is 1. The number of carbonyl (C=O) groups excluding carboxylic acids is 1. The highest BCUT2D eigenvalue weighted by molar-refractivity contribution is 5.83. The van der Waals surface area contributed by atoms with Gasteiger partial charge in [0.05, 0.1) is 12.8 Å². The monoisotopic (exact) mass is 388 g/mol. The van der Waals surface area contributed by atoms with E-state index in [9.17, 15) is 9.90 Å². The number of rotatable bonds is 8. The molecule has 0 atom stereocenters. The van der Waals surface area contributed by atoms with Crippen molar-refractivity contribution in [2.24, 2.45) is 0 Å². The molecule has 0 unspecified atom stereocenters. The molecule has 0 aliphatic carbocycles. The van der Waals surface area contributed by atoms with Crippen molar-refractivity contribution in [1.29, 1.82) is 0 Å². The number of benzene rings is 2. The van der Waals surface area contributed by atoms with Gasteiger partial charge in [0, 0.05) is 35.6 Å². The fourth-order valence-electron chi connectivity index (χ4n) is 3.60. The van der Waals surface area contributed by atoms with Gasteiger partial charge in [-0.25, -0.2) is 0 Å². The number of furan rings is 1. The molecular weight excluding hydrogens is 364 g/mol. The van der Waals surface area contributed by atoms with Crippen LogP contribution in [-0.2, 0) is 24.3 Å². The number of para-hydroxylation sites is 2. The van der Waals surface area contributed by atoms with E-state index in [0.717, 1.165) is 29.7 Å². The molecule has 0 aliphatic heterocycles. The van der Waals surface area contributed by atoms with Crippen LogP contribution in [0.1, 0.15) is 29.7 Å². The minimum absolute atomic E-state index is 0.0458. The number of phenolic OH excluding ortho intramolecular Hbond substituents is 1. The number of hydrogen-bond donors (Lipinski definition) is 2. The Balaban J connectivity index is 1.42. The first-order valence-corrected chi connectivity index (χ1v) is 9.83. The highest BCUT2D eigenvalue weighted by atomic mass is 16.3. The number of amides is 1. The van der Waals surface area contributed by atoms with Gasteiger partial charge in [0.2, 0.25) is 5.91 Å². The Morgan fingerprint density at radius 2 is 1.79 bits per heavy atom. The maximum absolute atomic E-state index is 13.0. The van der Waals surface area contributed by atoms with Gasteiger partial charge in [-0.05, 0) is 42.7 Å². The van der Waals surface area contributed by atoms with E-state index in [2.05, 4.69) is 17.1 Å². The molecule has 5 nitrogen and oxygen atoms in total. The zero-order valence-corrected chi connectivity index (χ0v) is 16.2. The molecule has 2 aromatic carbocycles. The molecule has 0 saturated heterocycles. The van der Waals surface area contributed by atoms with Crippen LogP contribution in [0, 0.1) is 0 Å². The molecule has 2 aromatic heterocycles. The van der Waals surface area contributed by atoms with Gasteiger partial charge in [-0.2, -0.15) is 0 Å². The number of nitrogens with one attached hydrogen (secondary N) is 1. The highest BCUT2D eigenvalue weighted by Gasteiger charge is 2.17. The molecule has 2 N–H and O–H groups in total. The smallest absolute Gasteiger partial charge is 0.223 e. The van der Waals surface area contributed by atoms with E-state index in [4.69, 9.17) is 4.42 Å². The summed E-state index contributed by atoms with van der Waals surface area (Å²) >= 11 is 0. The van der Waals surface area contributed by atoms with Crippen molar-refractivity contribution in [3.8, 4) is 5.75 Å². The fraction of sp³-hybridized carbons (Fsp3) is 0.208. The zero-order chi connectivity index (χ0) is 20.1. The lowest BCUT2D eigenvalue weighted by Crippen LogP contribution is -2.29. The number of nitrogens with zero attached hydrogens (tertiary/aromatic N) is 1. The summed E-state index contributed by atoms with van der Waals surface area (Å²) in [7, 11) is 0. The number of fused-ring (bicyclic) bond motifs is 1. The topological polar surface area (TPSA) is 69.5 Å². The molecule has 5 heteroatoms. The lowest BCUT2D eigenvalue weighted by atomic mass is 10.1. The van der Waals surface area contributed by atoms with Crippen LogP contribution in [0.4, 0.5) is 0 Å². The van der Waals surface area contributed by atoms with Gasteiger partial charge in [-0.15, -0.1) is 0 Å². The highest BCUT2D eigenvalue weighted by Crippen LogP contribution is 2.22. The van der Waals surface area contributed by atoms with Crippen molar-refractivity contribution in [2.45, 2.75) is 32.4 Å². The van der Waals surface area contributed by atoms with Gasteiger partial charge in [-0.3, -0.25) is 4.79 Å². The third kappa shape index (κ3) is 4.51. The van der Waals surface area contributed by atoms with Crippen molar-refractivity contribution in [3.63, 3.8) is 0 Å². The summed E-state index contributed by atoms with van der Waals surface area (Å²) in [5.41, 5.74) is 3.07. The molecule has 1 amide bonds. The normalized spacial score (nSPS) is 11.0. The van der Waals surface area contributed by atoms with Crippen LogP contribution < -0.4 is 0 Å². The van der Waals surface area contributed by atoms with Crippen molar-refractivity contribution < 1.29 is 14.3 Å². The lowest BCUT2D eigenvalue weighted by Gasteiger charge is -2.22. The first-order valence-electron chi connectivity index (χ1n) is 9.83. The second kappa shape index (κ2) is 8.69. The van der Waals surface area contributed by atoms with E-state index in [0.29, 0.717) is 19.5 Å². The number of phenols is 1. The predicted octanol–water partition coefficient (Wildman–Crippen LogP) is 5.02. The van der Waals surface area contributed by atoms with Gasteiger partial charge >= 0.3 is 0 Å². The molecule has 4 rings (SSSR count).